The number of hydrogen-bond acceptors (Lipinski definition) is 3. The number of aromatic nitrogens is 1. The molecule has 0 aliphatic carbocycles. The fourth-order valence-corrected chi connectivity index (χ4v) is 2.62. The molecule has 0 radical (unpaired) electrons. The summed E-state index contributed by atoms with van der Waals surface area (Å²) in [4.78, 5) is 18.9. The average molecular weight is 333 g/mol. The zero-order chi connectivity index (χ0) is 16.8. The van der Waals surface area contributed by atoms with E-state index in [-0.39, 0.29) is 11.9 Å². The quantitative estimate of drug-likeness (QED) is 0.810. The normalized spacial score (nSPS) is 13.4. The molecule has 4 nitrogen and oxygen atoms in total. The predicted molar refractivity (Wildman–Crippen MR) is 91.4 cm³/mol. The average Bonchev–Trinajstić information content (AvgIpc) is 2.60. The van der Waals surface area contributed by atoms with Crippen LogP contribution >= 0.6 is 11.6 Å². The van der Waals surface area contributed by atoms with E-state index in [4.69, 9.17) is 16.3 Å². The molecular formula is C18H21ClN2O2. The van der Waals surface area contributed by atoms with E-state index < -0.39 is 6.10 Å². The maximum Gasteiger partial charge on any atom is 0.252 e. The zero-order valence-corrected chi connectivity index (χ0v) is 14.3. The third kappa shape index (κ3) is 4.09. The number of rotatable bonds is 6. The van der Waals surface area contributed by atoms with Gasteiger partial charge in [-0.3, -0.25) is 9.78 Å². The number of carbonyl (C=O) groups excluding carboxylic acids is 1. The molecule has 2 rings (SSSR count). The van der Waals surface area contributed by atoms with Gasteiger partial charge in [0, 0.05) is 24.9 Å². The Morgan fingerprint density at radius 3 is 2.48 bits per heavy atom. The molecule has 0 saturated carbocycles. The highest BCUT2D eigenvalue weighted by atomic mass is 35.5. The Balaban J connectivity index is 2.48. The molecule has 1 heterocycles. The molecule has 122 valence electrons. The Kier molecular flexibility index (Phi) is 6.13. The molecule has 1 amide bonds. The van der Waals surface area contributed by atoms with Crippen LogP contribution in [0.4, 0.5) is 0 Å². The lowest BCUT2D eigenvalue weighted by molar-refractivity contribution is -0.142. The van der Waals surface area contributed by atoms with E-state index >= 15 is 0 Å². The summed E-state index contributed by atoms with van der Waals surface area (Å²) in [5.41, 5.74) is 1.78. The molecular weight excluding hydrogens is 312 g/mol. The third-order valence-electron chi connectivity index (χ3n) is 3.79. The number of hydrogen-bond donors (Lipinski definition) is 0. The molecule has 0 saturated heterocycles. The van der Waals surface area contributed by atoms with Crippen LogP contribution in [0, 0.1) is 0 Å². The summed E-state index contributed by atoms with van der Waals surface area (Å²) in [6, 6.07) is 12.9. The molecule has 0 spiro atoms. The van der Waals surface area contributed by atoms with Crippen LogP contribution in [0.15, 0.2) is 48.7 Å². The van der Waals surface area contributed by atoms with Crippen molar-refractivity contribution in [1.29, 1.82) is 0 Å². The van der Waals surface area contributed by atoms with Crippen LogP contribution in [0.3, 0.4) is 0 Å². The van der Waals surface area contributed by atoms with Gasteiger partial charge in [0.25, 0.3) is 5.91 Å². The van der Waals surface area contributed by atoms with E-state index in [9.17, 15) is 4.79 Å². The first-order valence-corrected chi connectivity index (χ1v) is 7.96. The first-order valence-electron chi connectivity index (χ1n) is 7.58. The second-order valence-electron chi connectivity index (χ2n) is 5.21. The van der Waals surface area contributed by atoms with Gasteiger partial charge in [-0.05, 0) is 43.7 Å². The lowest BCUT2D eigenvalue weighted by atomic mass is 10.0. The van der Waals surface area contributed by atoms with Gasteiger partial charge >= 0.3 is 0 Å². The molecule has 0 N–H and O–H groups in total. The summed E-state index contributed by atoms with van der Waals surface area (Å²) in [5, 5.41) is 0.660. The number of nitrogens with zero attached hydrogens (tertiary/aromatic N) is 2. The zero-order valence-electron chi connectivity index (χ0n) is 13.6. The van der Waals surface area contributed by atoms with Crippen LogP contribution in [-0.2, 0) is 9.53 Å². The van der Waals surface area contributed by atoms with Crippen molar-refractivity contribution >= 4 is 17.5 Å². The van der Waals surface area contributed by atoms with Crippen molar-refractivity contribution in [2.75, 3.05) is 13.7 Å². The van der Waals surface area contributed by atoms with Gasteiger partial charge in [0.05, 0.1) is 11.7 Å². The Morgan fingerprint density at radius 2 is 1.96 bits per heavy atom. The molecule has 23 heavy (non-hydrogen) atoms. The molecule has 2 atom stereocenters. The summed E-state index contributed by atoms with van der Waals surface area (Å²) < 4.78 is 5.20. The van der Waals surface area contributed by atoms with Crippen molar-refractivity contribution in [2.45, 2.75) is 26.0 Å². The number of halogens is 1. The Labute approximate surface area is 142 Å². The monoisotopic (exact) mass is 332 g/mol. The Bertz CT molecular complexity index is 631. The molecule has 0 unspecified atom stereocenters. The number of ether oxygens (including phenoxy) is 1. The predicted octanol–water partition coefficient (Wildman–Crippen LogP) is 3.71. The van der Waals surface area contributed by atoms with Crippen LogP contribution in [0.5, 0.6) is 0 Å². The van der Waals surface area contributed by atoms with Crippen molar-refractivity contribution in [3.8, 4) is 0 Å². The van der Waals surface area contributed by atoms with E-state index in [1.165, 1.54) is 7.11 Å². The highest BCUT2D eigenvalue weighted by Crippen LogP contribution is 2.29. The number of likely N-dealkylation sites (N-methyl/N-ethyl adjacent to an activating group) is 1. The van der Waals surface area contributed by atoms with Gasteiger partial charge in [-0.1, -0.05) is 29.8 Å². The van der Waals surface area contributed by atoms with E-state index in [2.05, 4.69) is 4.98 Å². The summed E-state index contributed by atoms with van der Waals surface area (Å²) in [6.07, 6.45) is 1.23. The standard InChI is InChI=1S/C18H21ClN2O2/c1-4-21(18(22)13(2)23-3)17(16-7-5-6-12-20-16)14-8-10-15(19)11-9-14/h5-13,17H,4H2,1-3H3/t13-,17-/m1/s1. The van der Waals surface area contributed by atoms with Gasteiger partial charge in [-0.15, -0.1) is 0 Å². The van der Waals surface area contributed by atoms with Gasteiger partial charge in [0.2, 0.25) is 0 Å². The molecule has 0 aliphatic heterocycles. The lowest BCUT2D eigenvalue weighted by Crippen LogP contribution is -2.41. The maximum absolute atomic E-state index is 12.7. The van der Waals surface area contributed by atoms with E-state index in [1.807, 2.05) is 49.4 Å². The lowest BCUT2D eigenvalue weighted by Gasteiger charge is -2.32. The molecule has 2 aromatic rings. The van der Waals surface area contributed by atoms with Gasteiger partial charge in [-0.2, -0.15) is 0 Å². The number of pyridine rings is 1. The third-order valence-corrected chi connectivity index (χ3v) is 4.04. The van der Waals surface area contributed by atoms with E-state index in [0.29, 0.717) is 11.6 Å². The molecule has 1 aromatic heterocycles. The number of benzene rings is 1. The number of carbonyl (C=O) groups is 1. The Morgan fingerprint density at radius 1 is 1.26 bits per heavy atom. The molecule has 0 fully saturated rings. The largest absolute Gasteiger partial charge is 0.372 e. The molecule has 0 bridgehead atoms. The maximum atomic E-state index is 12.7. The fourth-order valence-electron chi connectivity index (χ4n) is 2.49. The summed E-state index contributed by atoms with van der Waals surface area (Å²) in [6.45, 7) is 4.25. The van der Waals surface area contributed by atoms with Crippen molar-refractivity contribution in [3.63, 3.8) is 0 Å². The first-order chi connectivity index (χ1) is 11.1. The highest BCUT2D eigenvalue weighted by molar-refractivity contribution is 6.30. The van der Waals surface area contributed by atoms with Crippen LogP contribution in [0.1, 0.15) is 31.1 Å². The summed E-state index contributed by atoms with van der Waals surface area (Å²) in [5.74, 6) is -0.0689. The minimum absolute atomic E-state index is 0.0689. The van der Waals surface area contributed by atoms with Gasteiger partial charge in [0.1, 0.15) is 6.10 Å². The van der Waals surface area contributed by atoms with Crippen LogP contribution in [0.25, 0.3) is 0 Å². The second kappa shape index (κ2) is 8.09. The molecule has 1 aromatic carbocycles. The van der Waals surface area contributed by atoms with Gasteiger partial charge < -0.3 is 9.64 Å². The second-order valence-corrected chi connectivity index (χ2v) is 5.65. The van der Waals surface area contributed by atoms with Crippen molar-refractivity contribution in [3.05, 3.63) is 64.9 Å². The SMILES string of the molecule is CCN(C(=O)[C@@H](C)OC)[C@H](c1ccc(Cl)cc1)c1ccccn1. The Hall–Kier alpha value is -1.91. The van der Waals surface area contributed by atoms with Crippen LogP contribution in [-0.4, -0.2) is 35.5 Å². The van der Waals surface area contributed by atoms with Crippen LogP contribution < -0.4 is 0 Å². The van der Waals surface area contributed by atoms with Crippen molar-refractivity contribution in [2.24, 2.45) is 0 Å². The number of amides is 1. The van der Waals surface area contributed by atoms with Crippen molar-refractivity contribution in [1.82, 2.24) is 9.88 Å². The van der Waals surface area contributed by atoms with Gasteiger partial charge in [-0.25, -0.2) is 0 Å². The van der Waals surface area contributed by atoms with Gasteiger partial charge in [0.15, 0.2) is 0 Å². The first kappa shape index (κ1) is 17.4. The van der Waals surface area contributed by atoms with E-state index in [1.54, 1.807) is 18.0 Å². The molecule has 5 heteroatoms. The van der Waals surface area contributed by atoms with Crippen molar-refractivity contribution < 1.29 is 9.53 Å². The fraction of sp³-hybridized carbons (Fsp3) is 0.333. The number of methoxy groups -OCH3 is 1. The smallest absolute Gasteiger partial charge is 0.252 e. The minimum atomic E-state index is -0.506. The highest BCUT2D eigenvalue weighted by Gasteiger charge is 2.29. The molecule has 0 aliphatic rings. The minimum Gasteiger partial charge on any atom is -0.372 e. The van der Waals surface area contributed by atoms with E-state index in [0.717, 1.165) is 11.3 Å². The van der Waals surface area contributed by atoms with Crippen LogP contribution in [0.2, 0.25) is 5.02 Å². The summed E-state index contributed by atoms with van der Waals surface area (Å²) >= 11 is 6.00. The summed E-state index contributed by atoms with van der Waals surface area (Å²) in [7, 11) is 1.54. The topological polar surface area (TPSA) is 42.4 Å².